The third-order valence-electron chi connectivity index (χ3n) is 4.36. The standard InChI is InChI=1S/C19H24N4/c1-3-21-18-12-17(20)13(2)10-19(18)23-22-16-9-8-14-6-4-5-7-15(14)11-16/h8-12,21H,3-7,20H2,1-2H3. The van der Waals surface area contributed by atoms with Gasteiger partial charge >= 0.3 is 0 Å². The first kappa shape index (κ1) is 15.5. The van der Waals surface area contributed by atoms with Crippen LogP contribution in [0.25, 0.3) is 0 Å². The molecule has 23 heavy (non-hydrogen) atoms. The fourth-order valence-corrected chi connectivity index (χ4v) is 3.02. The summed E-state index contributed by atoms with van der Waals surface area (Å²) in [4.78, 5) is 0. The van der Waals surface area contributed by atoms with Crippen molar-refractivity contribution in [2.75, 3.05) is 17.6 Å². The molecular formula is C19H24N4. The average molecular weight is 308 g/mol. The summed E-state index contributed by atoms with van der Waals surface area (Å²) in [6.07, 6.45) is 4.91. The molecule has 0 fully saturated rings. The summed E-state index contributed by atoms with van der Waals surface area (Å²) in [6, 6.07) is 10.3. The molecule has 2 aromatic rings. The van der Waals surface area contributed by atoms with Crippen LogP contribution in [0, 0.1) is 6.92 Å². The van der Waals surface area contributed by atoms with E-state index in [1.165, 1.54) is 30.4 Å². The van der Waals surface area contributed by atoms with Gasteiger partial charge in [-0.15, -0.1) is 5.11 Å². The highest BCUT2D eigenvalue weighted by molar-refractivity contribution is 5.72. The van der Waals surface area contributed by atoms with Crippen molar-refractivity contribution in [2.45, 2.75) is 39.5 Å². The number of nitrogen functional groups attached to an aromatic ring is 1. The summed E-state index contributed by atoms with van der Waals surface area (Å²) >= 11 is 0. The minimum Gasteiger partial charge on any atom is -0.398 e. The third kappa shape index (κ3) is 3.52. The van der Waals surface area contributed by atoms with Crippen molar-refractivity contribution in [3.8, 4) is 0 Å². The summed E-state index contributed by atoms with van der Waals surface area (Å²) in [5, 5.41) is 12.2. The Balaban J connectivity index is 1.89. The molecule has 0 spiro atoms. The van der Waals surface area contributed by atoms with Gasteiger partial charge in [0, 0.05) is 12.2 Å². The molecule has 0 bridgehead atoms. The Morgan fingerprint density at radius 3 is 2.61 bits per heavy atom. The second-order valence-corrected chi connectivity index (χ2v) is 6.12. The minimum absolute atomic E-state index is 0.772. The molecule has 0 amide bonds. The van der Waals surface area contributed by atoms with Crippen molar-refractivity contribution in [3.05, 3.63) is 47.0 Å². The van der Waals surface area contributed by atoms with E-state index in [1.807, 2.05) is 19.1 Å². The molecule has 4 nitrogen and oxygen atoms in total. The van der Waals surface area contributed by atoms with E-state index >= 15 is 0 Å². The van der Waals surface area contributed by atoms with Crippen LogP contribution in [0.3, 0.4) is 0 Å². The van der Waals surface area contributed by atoms with Gasteiger partial charge in [0.1, 0.15) is 5.69 Å². The predicted molar refractivity (Wildman–Crippen MR) is 97.0 cm³/mol. The Kier molecular flexibility index (Phi) is 4.60. The molecule has 3 N–H and O–H groups in total. The molecule has 2 aromatic carbocycles. The predicted octanol–water partition coefficient (Wildman–Crippen LogP) is 5.30. The summed E-state index contributed by atoms with van der Waals surface area (Å²) in [5.74, 6) is 0. The van der Waals surface area contributed by atoms with Crippen molar-refractivity contribution in [3.63, 3.8) is 0 Å². The average Bonchev–Trinajstić information content (AvgIpc) is 2.57. The molecule has 0 aromatic heterocycles. The molecule has 120 valence electrons. The number of aryl methyl sites for hydroxylation is 3. The van der Waals surface area contributed by atoms with Gasteiger partial charge in [-0.2, -0.15) is 5.11 Å². The SMILES string of the molecule is CCNc1cc(N)c(C)cc1N=Nc1ccc2c(c1)CCCC2. The van der Waals surface area contributed by atoms with Gasteiger partial charge in [0.05, 0.1) is 11.4 Å². The van der Waals surface area contributed by atoms with Gasteiger partial charge in [0.15, 0.2) is 0 Å². The van der Waals surface area contributed by atoms with E-state index in [9.17, 15) is 0 Å². The van der Waals surface area contributed by atoms with Crippen LogP contribution in [-0.4, -0.2) is 6.54 Å². The Labute approximate surface area is 137 Å². The Morgan fingerprint density at radius 2 is 1.83 bits per heavy atom. The first-order valence-electron chi connectivity index (χ1n) is 8.35. The number of nitrogens with zero attached hydrogens (tertiary/aromatic N) is 2. The number of nitrogens with one attached hydrogen (secondary N) is 1. The fourth-order valence-electron chi connectivity index (χ4n) is 3.02. The molecular weight excluding hydrogens is 284 g/mol. The highest BCUT2D eigenvalue weighted by atomic mass is 15.1. The maximum atomic E-state index is 5.99. The maximum absolute atomic E-state index is 5.99. The summed E-state index contributed by atoms with van der Waals surface area (Å²) in [5.41, 5.74) is 13.3. The smallest absolute Gasteiger partial charge is 0.109 e. The van der Waals surface area contributed by atoms with Gasteiger partial charge in [-0.25, -0.2) is 0 Å². The van der Waals surface area contributed by atoms with Crippen LogP contribution >= 0.6 is 0 Å². The lowest BCUT2D eigenvalue weighted by Crippen LogP contribution is -2.01. The lowest BCUT2D eigenvalue weighted by Gasteiger charge is -2.15. The number of benzene rings is 2. The number of azo groups is 1. The zero-order valence-electron chi connectivity index (χ0n) is 13.9. The largest absolute Gasteiger partial charge is 0.398 e. The summed E-state index contributed by atoms with van der Waals surface area (Å²) in [6.45, 7) is 4.87. The van der Waals surface area contributed by atoms with E-state index in [0.717, 1.165) is 41.3 Å². The maximum Gasteiger partial charge on any atom is 0.109 e. The first-order valence-corrected chi connectivity index (χ1v) is 8.35. The third-order valence-corrected chi connectivity index (χ3v) is 4.36. The Morgan fingerprint density at radius 1 is 1.04 bits per heavy atom. The number of anilines is 2. The lowest BCUT2D eigenvalue weighted by molar-refractivity contribution is 0.685. The van der Waals surface area contributed by atoms with Gasteiger partial charge < -0.3 is 11.1 Å². The topological polar surface area (TPSA) is 62.8 Å². The Hall–Kier alpha value is -2.36. The summed E-state index contributed by atoms with van der Waals surface area (Å²) in [7, 11) is 0. The quantitative estimate of drug-likeness (QED) is 0.594. The van der Waals surface area contributed by atoms with Crippen molar-refractivity contribution < 1.29 is 0 Å². The second-order valence-electron chi connectivity index (χ2n) is 6.12. The number of hydrogen-bond acceptors (Lipinski definition) is 4. The van der Waals surface area contributed by atoms with E-state index in [1.54, 1.807) is 0 Å². The lowest BCUT2D eigenvalue weighted by atomic mass is 9.91. The highest BCUT2D eigenvalue weighted by Crippen LogP contribution is 2.32. The fraction of sp³-hybridized carbons (Fsp3) is 0.368. The van der Waals surface area contributed by atoms with Gasteiger partial charge in [-0.3, -0.25) is 0 Å². The zero-order chi connectivity index (χ0) is 16.2. The minimum atomic E-state index is 0.772. The number of rotatable bonds is 4. The molecule has 1 aliphatic carbocycles. The van der Waals surface area contributed by atoms with Crippen LogP contribution in [0.2, 0.25) is 0 Å². The van der Waals surface area contributed by atoms with E-state index in [2.05, 4.69) is 40.7 Å². The van der Waals surface area contributed by atoms with Crippen molar-refractivity contribution in [1.29, 1.82) is 0 Å². The first-order chi connectivity index (χ1) is 11.2. The van der Waals surface area contributed by atoms with E-state index in [-0.39, 0.29) is 0 Å². The monoisotopic (exact) mass is 308 g/mol. The molecule has 0 heterocycles. The number of fused-ring (bicyclic) bond motifs is 1. The van der Waals surface area contributed by atoms with Crippen LogP contribution in [0.5, 0.6) is 0 Å². The second kappa shape index (κ2) is 6.82. The molecule has 0 saturated heterocycles. The molecule has 0 saturated carbocycles. The zero-order valence-corrected chi connectivity index (χ0v) is 13.9. The number of nitrogens with two attached hydrogens (primary N) is 1. The van der Waals surface area contributed by atoms with Crippen molar-refractivity contribution in [1.82, 2.24) is 0 Å². The van der Waals surface area contributed by atoms with Crippen molar-refractivity contribution >= 4 is 22.7 Å². The Bertz CT molecular complexity index is 734. The molecule has 0 atom stereocenters. The summed E-state index contributed by atoms with van der Waals surface area (Å²) < 4.78 is 0. The van der Waals surface area contributed by atoms with Gasteiger partial charge in [0.2, 0.25) is 0 Å². The molecule has 0 radical (unpaired) electrons. The molecule has 3 rings (SSSR count). The highest BCUT2D eigenvalue weighted by Gasteiger charge is 2.09. The van der Waals surface area contributed by atoms with Crippen LogP contribution in [0.4, 0.5) is 22.7 Å². The molecule has 0 aliphatic heterocycles. The molecule has 4 heteroatoms. The van der Waals surface area contributed by atoms with Crippen LogP contribution < -0.4 is 11.1 Å². The van der Waals surface area contributed by atoms with Crippen LogP contribution in [-0.2, 0) is 12.8 Å². The van der Waals surface area contributed by atoms with Gasteiger partial charge in [-0.1, -0.05) is 6.07 Å². The van der Waals surface area contributed by atoms with Gasteiger partial charge in [-0.05, 0) is 80.5 Å². The van der Waals surface area contributed by atoms with E-state index in [0.29, 0.717) is 0 Å². The van der Waals surface area contributed by atoms with Crippen LogP contribution in [0.15, 0.2) is 40.6 Å². The molecule has 0 unspecified atom stereocenters. The number of hydrogen-bond donors (Lipinski definition) is 2. The van der Waals surface area contributed by atoms with Crippen LogP contribution in [0.1, 0.15) is 36.5 Å². The normalized spacial score (nSPS) is 14.0. The van der Waals surface area contributed by atoms with Gasteiger partial charge in [0.25, 0.3) is 0 Å². The van der Waals surface area contributed by atoms with Crippen molar-refractivity contribution in [2.24, 2.45) is 10.2 Å². The van der Waals surface area contributed by atoms with E-state index in [4.69, 9.17) is 5.73 Å². The van der Waals surface area contributed by atoms with E-state index < -0.39 is 0 Å². The molecule has 1 aliphatic rings.